The first-order valence-electron chi connectivity index (χ1n) is 10.4. The third-order valence-electron chi connectivity index (χ3n) is 4.55. The summed E-state index contributed by atoms with van der Waals surface area (Å²) in [5, 5.41) is 0. The number of ether oxygens (including phenoxy) is 5. The van der Waals surface area contributed by atoms with E-state index in [4.69, 9.17) is 23.7 Å². The van der Waals surface area contributed by atoms with Crippen molar-refractivity contribution in [3.63, 3.8) is 0 Å². The van der Waals surface area contributed by atoms with Crippen LogP contribution in [0.2, 0.25) is 0 Å². The Morgan fingerprint density at radius 2 is 1.32 bits per heavy atom. The van der Waals surface area contributed by atoms with Crippen LogP contribution in [-0.2, 0) is 4.74 Å². The quantitative estimate of drug-likeness (QED) is 0.228. The molecule has 6 nitrogen and oxygen atoms in total. The number of rotatable bonds is 7. The van der Waals surface area contributed by atoms with Gasteiger partial charge >= 0.3 is 5.97 Å². The Hall–Kier alpha value is -4.39. The summed E-state index contributed by atoms with van der Waals surface area (Å²) in [6, 6.07) is 19.3. The van der Waals surface area contributed by atoms with Crippen molar-refractivity contribution in [3.05, 3.63) is 83.4 Å². The molecule has 0 N–H and O–H groups in total. The lowest BCUT2D eigenvalue weighted by Gasteiger charge is -2.12. The van der Waals surface area contributed by atoms with Gasteiger partial charge in [0.15, 0.2) is 11.5 Å². The highest BCUT2D eigenvalue weighted by molar-refractivity contribution is 5.90. The molecule has 172 valence electrons. The highest BCUT2D eigenvalue weighted by Crippen LogP contribution is 2.37. The summed E-state index contributed by atoms with van der Waals surface area (Å²) in [7, 11) is 4.66. The maximum absolute atomic E-state index is 12.1. The van der Waals surface area contributed by atoms with Gasteiger partial charge in [0, 0.05) is 11.1 Å². The lowest BCUT2D eigenvalue weighted by atomic mass is 10.2. The predicted octanol–water partition coefficient (Wildman–Crippen LogP) is 4.35. The highest BCUT2D eigenvalue weighted by Gasteiger charge is 2.12. The van der Waals surface area contributed by atoms with E-state index >= 15 is 0 Å². The van der Waals surface area contributed by atoms with E-state index in [1.165, 1.54) is 0 Å². The zero-order valence-corrected chi connectivity index (χ0v) is 19.2. The maximum atomic E-state index is 12.1. The van der Waals surface area contributed by atoms with Crippen LogP contribution in [0.5, 0.6) is 23.0 Å². The molecule has 0 fully saturated rings. The van der Waals surface area contributed by atoms with Crippen molar-refractivity contribution in [2.24, 2.45) is 0 Å². The summed E-state index contributed by atoms with van der Waals surface area (Å²) in [5.41, 5.74) is 2.00. The molecule has 0 amide bonds. The smallest absolute Gasteiger partial charge is 0.343 e. The fourth-order valence-electron chi connectivity index (χ4n) is 2.93. The minimum Gasteiger partial charge on any atom is -0.493 e. The van der Waals surface area contributed by atoms with Crippen molar-refractivity contribution < 1.29 is 28.5 Å². The van der Waals surface area contributed by atoms with E-state index in [9.17, 15) is 4.79 Å². The normalized spacial score (nSPS) is 9.62. The summed E-state index contributed by atoms with van der Waals surface area (Å²) in [5.74, 6) is 13.5. The Morgan fingerprint density at radius 3 is 1.88 bits per heavy atom. The molecule has 0 unspecified atom stereocenters. The van der Waals surface area contributed by atoms with Gasteiger partial charge in [-0.1, -0.05) is 41.9 Å². The van der Waals surface area contributed by atoms with Crippen LogP contribution in [0.15, 0.2) is 66.7 Å². The van der Waals surface area contributed by atoms with E-state index in [-0.39, 0.29) is 13.2 Å². The van der Waals surface area contributed by atoms with Crippen LogP contribution >= 0.6 is 0 Å². The van der Waals surface area contributed by atoms with E-state index in [1.54, 1.807) is 82.0 Å². The zero-order chi connectivity index (χ0) is 24.2. The van der Waals surface area contributed by atoms with Crippen LogP contribution in [0.3, 0.4) is 0 Å². The van der Waals surface area contributed by atoms with Gasteiger partial charge in [-0.2, -0.15) is 0 Å². The minimum atomic E-state index is -0.402. The number of benzene rings is 3. The van der Waals surface area contributed by atoms with Crippen molar-refractivity contribution in [2.45, 2.75) is 0 Å². The van der Waals surface area contributed by atoms with Gasteiger partial charge < -0.3 is 23.7 Å². The molecular weight excluding hydrogens is 432 g/mol. The highest BCUT2D eigenvalue weighted by atomic mass is 16.5. The average Bonchev–Trinajstić information content (AvgIpc) is 2.88. The molecule has 0 spiro atoms. The standard InChI is InChI=1S/C28H24O6/c1-30-25-19-22(20-26(31-2)27(25)32-3)10-8-18-33-17-7-9-21-13-15-24(16-14-21)34-28(29)23-11-5-4-6-12-23/h4-6,11-16,19-20H,17-18H2,1-3H3. The molecule has 0 saturated heterocycles. The molecule has 3 aromatic carbocycles. The molecule has 0 aromatic heterocycles. The molecule has 0 atom stereocenters. The van der Waals surface area contributed by atoms with Gasteiger partial charge in [-0.15, -0.1) is 0 Å². The predicted molar refractivity (Wildman–Crippen MR) is 129 cm³/mol. The van der Waals surface area contributed by atoms with Crippen molar-refractivity contribution >= 4 is 5.97 Å². The summed E-state index contributed by atoms with van der Waals surface area (Å²) in [6.07, 6.45) is 0. The first-order valence-corrected chi connectivity index (χ1v) is 10.4. The van der Waals surface area contributed by atoms with Gasteiger partial charge in [-0.25, -0.2) is 4.79 Å². The number of hydrogen-bond acceptors (Lipinski definition) is 6. The summed E-state index contributed by atoms with van der Waals surface area (Å²) < 4.78 is 26.8. The molecule has 0 aliphatic heterocycles. The lowest BCUT2D eigenvalue weighted by Crippen LogP contribution is -2.07. The molecule has 3 aromatic rings. The Morgan fingerprint density at radius 1 is 0.735 bits per heavy atom. The largest absolute Gasteiger partial charge is 0.493 e. The van der Waals surface area contributed by atoms with Gasteiger partial charge in [-0.05, 0) is 48.5 Å². The zero-order valence-electron chi connectivity index (χ0n) is 19.2. The van der Waals surface area contributed by atoms with Crippen molar-refractivity contribution in [2.75, 3.05) is 34.5 Å². The lowest BCUT2D eigenvalue weighted by molar-refractivity contribution is 0.0734. The van der Waals surface area contributed by atoms with Gasteiger partial charge in [0.05, 0.1) is 26.9 Å². The topological polar surface area (TPSA) is 63.2 Å². The van der Waals surface area contributed by atoms with Crippen LogP contribution in [0.1, 0.15) is 21.5 Å². The molecule has 3 rings (SSSR count). The van der Waals surface area contributed by atoms with Crippen LogP contribution in [0.25, 0.3) is 0 Å². The fraction of sp³-hybridized carbons (Fsp3) is 0.179. The van der Waals surface area contributed by atoms with Crippen molar-refractivity contribution in [1.29, 1.82) is 0 Å². The number of carbonyl (C=O) groups is 1. The first-order chi connectivity index (χ1) is 16.6. The van der Waals surface area contributed by atoms with Crippen molar-refractivity contribution in [3.8, 4) is 46.7 Å². The Labute approximate surface area is 199 Å². The molecule has 0 radical (unpaired) electrons. The van der Waals surface area contributed by atoms with Crippen LogP contribution in [-0.4, -0.2) is 40.5 Å². The second kappa shape index (κ2) is 12.6. The third-order valence-corrected chi connectivity index (χ3v) is 4.55. The summed E-state index contributed by atoms with van der Waals surface area (Å²) >= 11 is 0. The number of carbonyl (C=O) groups excluding carboxylic acids is 1. The van der Waals surface area contributed by atoms with E-state index in [2.05, 4.69) is 23.7 Å². The molecule has 34 heavy (non-hydrogen) atoms. The fourth-order valence-corrected chi connectivity index (χ4v) is 2.93. The first kappa shape index (κ1) is 24.3. The second-order valence-electron chi connectivity index (χ2n) is 6.79. The maximum Gasteiger partial charge on any atom is 0.343 e. The number of hydrogen-bond donors (Lipinski definition) is 0. The third kappa shape index (κ3) is 6.80. The Balaban J connectivity index is 1.48. The van der Waals surface area contributed by atoms with Crippen molar-refractivity contribution in [1.82, 2.24) is 0 Å². The number of esters is 1. The summed E-state index contributed by atoms with van der Waals surface area (Å²) in [4.78, 5) is 12.1. The monoisotopic (exact) mass is 456 g/mol. The van der Waals surface area contributed by atoms with Crippen LogP contribution < -0.4 is 18.9 Å². The SMILES string of the molecule is COc1cc(C#CCOCC#Cc2ccc(OC(=O)c3ccccc3)cc2)cc(OC)c1OC. The average molecular weight is 456 g/mol. The molecule has 6 heteroatoms. The molecular formula is C28H24O6. The molecule has 0 saturated carbocycles. The van der Waals surface area contributed by atoms with E-state index < -0.39 is 5.97 Å². The van der Waals surface area contributed by atoms with Gasteiger partial charge in [0.25, 0.3) is 0 Å². The van der Waals surface area contributed by atoms with E-state index in [1.807, 2.05) is 6.07 Å². The molecule has 0 aliphatic carbocycles. The van der Waals surface area contributed by atoms with E-state index in [0.717, 1.165) is 11.1 Å². The number of methoxy groups -OCH3 is 3. The minimum absolute atomic E-state index is 0.222. The van der Waals surface area contributed by atoms with Crippen LogP contribution in [0.4, 0.5) is 0 Å². The Bertz CT molecular complexity index is 1200. The molecule has 0 bridgehead atoms. The summed E-state index contributed by atoms with van der Waals surface area (Å²) in [6.45, 7) is 0.453. The van der Waals surface area contributed by atoms with Gasteiger partial charge in [0.2, 0.25) is 5.75 Å². The van der Waals surface area contributed by atoms with E-state index in [0.29, 0.717) is 28.6 Å². The Kier molecular flexibility index (Phi) is 8.99. The molecule has 0 aliphatic rings. The van der Waals surface area contributed by atoms with Gasteiger partial charge in [0.1, 0.15) is 19.0 Å². The van der Waals surface area contributed by atoms with Gasteiger partial charge in [-0.3, -0.25) is 0 Å². The van der Waals surface area contributed by atoms with Crippen LogP contribution in [0, 0.1) is 23.7 Å². The molecule has 0 heterocycles. The second-order valence-corrected chi connectivity index (χ2v) is 6.79.